The highest BCUT2D eigenvalue weighted by atomic mass is 32.2. The third-order valence-corrected chi connectivity index (χ3v) is 9.32. The molecule has 6 rings (SSSR count). The van der Waals surface area contributed by atoms with Crippen LogP contribution >= 0.6 is 0 Å². The molecule has 0 saturated heterocycles. The van der Waals surface area contributed by atoms with Crippen molar-refractivity contribution < 1.29 is 35.9 Å². The Kier molecular flexibility index (Phi) is 7.85. The fourth-order valence-corrected chi connectivity index (χ4v) is 5.95. The molecule has 46 heavy (non-hydrogen) atoms. The Labute approximate surface area is 264 Å². The number of ketones is 1. The molecule has 1 unspecified atom stereocenters. The average molecular weight is 646 g/mol. The van der Waals surface area contributed by atoms with Crippen LogP contribution in [-0.2, 0) is 10.0 Å². The molecule has 5 aromatic rings. The van der Waals surface area contributed by atoms with E-state index in [9.17, 15) is 26.8 Å². The predicted octanol–water partition coefficient (Wildman–Crippen LogP) is 6.98. The molecule has 12 heteroatoms. The molecule has 2 aromatic heterocycles. The summed E-state index contributed by atoms with van der Waals surface area (Å²) in [6.07, 6.45) is 1.19. The molecular formula is C34H29F2N3O6S. The van der Waals surface area contributed by atoms with Crippen molar-refractivity contribution in [3.8, 4) is 28.3 Å². The Balaban J connectivity index is 1.52. The summed E-state index contributed by atoms with van der Waals surface area (Å²) in [5.41, 5.74) is 2.44. The monoisotopic (exact) mass is 645 g/mol. The summed E-state index contributed by atoms with van der Waals surface area (Å²) in [5, 5.41) is 0.403. The highest BCUT2D eigenvalue weighted by Gasteiger charge is 2.33. The van der Waals surface area contributed by atoms with E-state index < -0.39 is 33.6 Å². The number of ether oxygens (including phenoxy) is 1. The minimum atomic E-state index is -3.79. The van der Waals surface area contributed by atoms with Crippen LogP contribution in [0.2, 0.25) is 0 Å². The SMILES string of the molecule is CCC(=O)c1c(-c2ccc(F)cc2)oc2cc(N(C)S(C)(=O)=O)c(-c3ccc4c(n3)C(=O)N(C(C)c3ccc(F)cc3)CO4)cc12. The molecule has 1 atom stereocenters. The van der Waals surface area contributed by atoms with Crippen molar-refractivity contribution in [1.29, 1.82) is 0 Å². The zero-order valence-corrected chi connectivity index (χ0v) is 26.2. The van der Waals surface area contributed by atoms with Crippen LogP contribution < -0.4 is 9.04 Å². The van der Waals surface area contributed by atoms with Crippen LogP contribution in [0.25, 0.3) is 33.6 Å². The normalized spacial score (nSPS) is 13.8. The Morgan fingerprint density at radius 2 is 1.67 bits per heavy atom. The van der Waals surface area contributed by atoms with Crippen molar-refractivity contribution in [3.05, 3.63) is 101 Å². The highest BCUT2D eigenvalue weighted by molar-refractivity contribution is 7.92. The van der Waals surface area contributed by atoms with Gasteiger partial charge in [0.2, 0.25) is 10.0 Å². The van der Waals surface area contributed by atoms with E-state index in [1.807, 2.05) is 0 Å². The van der Waals surface area contributed by atoms with Gasteiger partial charge in [-0.15, -0.1) is 0 Å². The largest absolute Gasteiger partial charge is 0.471 e. The van der Waals surface area contributed by atoms with E-state index in [2.05, 4.69) is 4.98 Å². The molecule has 0 saturated carbocycles. The van der Waals surface area contributed by atoms with Crippen LogP contribution in [0.15, 0.2) is 77.2 Å². The number of aromatic nitrogens is 1. The number of Topliss-reactive ketones (excluding diaryl/α,β-unsaturated/α-hetero) is 1. The number of hydrogen-bond donors (Lipinski definition) is 0. The molecule has 1 amide bonds. The van der Waals surface area contributed by atoms with E-state index in [1.165, 1.54) is 54.4 Å². The summed E-state index contributed by atoms with van der Waals surface area (Å²) < 4.78 is 65.9. The highest BCUT2D eigenvalue weighted by Crippen LogP contribution is 2.42. The Bertz CT molecular complexity index is 2110. The number of rotatable bonds is 8. The number of amides is 1. The minimum Gasteiger partial charge on any atom is -0.471 e. The van der Waals surface area contributed by atoms with Crippen LogP contribution in [0.4, 0.5) is 14.5 Å². The third-order valence-electron chi connectivity index (χ3n) is 8.13. The summed E-state index contributed by atoms with van der Waals surface area (Å²) in [5.74, 6) is -1.04. The van der Waals surface area contributed by atoms with E-state index >= 15 is 0 Å². The lowest BCUT2D eigenvalue weighted by Crippen LogP contribution is -2.41. The number of anilines is 1. The van der Waals surface area contributed by atoms with Crippen molar-refractivity contribution in [3.63, 3.8) is 0 Å². The standard InChI is InChI=1S/C34H29F2N3O6S/c1-5-28(40)31-25-16-24(27(38(3)46(4,42)43)17-30(25)45-33(31)21-8-12-23(36)13-9-21)26-14-15-29-32(37-26)34(41)39(18-44-29)19(2)20-6-10-22(35)11-7-20/h6-17,19H,5,18H2,1-4H3. The maximum atomic E-state index is 13.8. The number of fused-ring (bicyclic) bond motifs is 2. The molecule has 0 bridgehead atoms. The van der Waals surface area contributed by atoms with E-state index in [4.69, 9.17) is 9.15 Å². The number of furan rings is 1. The van der Waals surface area contributed by atoms with Crippen molar-refractivity contribution in [2.45, 2.75) is 26.3 Å². The van der Waals surface area contributed by atoms with Gasteiger partial charge in [0.1, 0.15) is 23.0 Å². The number of carbonyl (C=O) groups is 2. The molecule has 236 valence electrons. The first kappa shape index (κ1) is 30.9. The van der Waals surface area contributed by atoms with Crippen molar-refractivity contribution >= 4 is 38.4 Å². The summed E-state index contributed by atoms with van der Waals surface area (Å²) in [4.78, 5) is 33.2. The Morgan fingerprint density at radius 3 is 2.30 bits per heavy atom. The fraction of sp³-hybridized carbons (Fsp3) is 0.206. The second-order valence-electron chi connectivity index (χ2n) is 11.0. The first-order chi connectivity index (χ1) is 21.9. The Hall–Kier alpha value is -5.10. The van der Waals surface area contributed by atoms with Crippen LogP contribution in [0.1, 0.15) is 52.7 Å². The number of carbonyl (C=O) groups excluding carboxylic acids is 2. The van der Waals surface area contributed by atoms with Crippen molar-refractivity contribution in [1.82, 2.24) is 9.88 Å². The van der Waals surface area contributed by atoms with Gasteiger partial charge >= 0.3 is 0 Å². The zero-order valence-electron chi connectivity index (χ0n) is 25.4. The molecule has 3 aromatic carbocycles. The predicted molar refractivity (Wildman–Crippen MR) is 169 cm³/mol. The van der Waals surface area contributed by atoms with Gasteiger partial charge in [-0.25, -0.2) is 22.2 Å². The van der Waals surface area contributed by atoms with E-state index in [0.29, 0.717) is 22.1 Å². The maximum absolute atomic E-state index is 13.8. The molecular weight excluding hydrogens is 616 g/mol. The molecule has 0 radical (unpaired) electrons. The van der Waals surface area contributed by atoms with Crippen molar-refractivity contribution in [2.24, 2.45) is 0 Å². The second-order valence-corrected chi connectivity index (χ2v) is 13.0. The smallest absolute Gasteiger partial charge is 0.279 e. The molecule has 1 aliphatic heterocycles. The van der Waals surface area contributed by atoms with Crippen LogP contribution in [0.3, 0.4) is 0 Å². The van der Waals surface area contributed by atoms with Gasteiger partial charge in [0.15, 0.2) is 24.0 Å². The topological polar surface area (TPSA) is 110 Å². The third kappa shape index (κ3) is 5.49. The number of benzene rings is 3. The summed E-state index contributed by atoms with van der Waals surface area (Å²) in [6, 6.07) is 17.2. The first-order valence-electron chi connectivity index (χ1n) is 14.4. The van der Waals surface area contributed by atoms with E-state index in [0.717, 1.165) is 10.6 Å². The van der Waals surface area contributed by atoms with Gasteiger partial charge < -0.3 is 9.15 Å². The van der Waals surface area contributed by atoms with Crippen LogP contribution in [0, 0.1) is 11.6 Å². The number of pyridine rings is 1. The van der Waals surface area contributed by atoms with Gasteiger partial charge in [-0.2, -0.15) is 0 Å². The number of sulfonamides is 1. The van der Waals surface area contributed by atoms with Gasteiger partial charge in [-0.1, -0.05) is 19.1 Å². The molecule has 0 N–H and O–H groups in total. The molecule has 3 heterocycles. The summed E-state index contributed by atoms with van der Waals surface area (Å²) >= 11 is 0. The Morgan fingerprint density at radius 1 is 1.02 bits per heavy atom. The van der Waals surface area contributed by atoms with E-state index in [-0.39, 0.29) is 58.7 Å². The molecule has 9 nitrogen and oxygen atoms in total. The number of halogens is 2. The van der Waals surface area contributed by atoms with Gasteiger partial charge in [-0.05, 0) is 67.1 Å². The molecule has 0 spiro atoms. The lowest BCUT2D eigenvalue weighted by atomic mass is 9.97. The first-order valence-corrected chi connectivity index (χ1v) is 16.3. The molecule has 0 aliphatic carbocycles. The average Bonchev–Trinajstić information content (AvgIpc) is 3.42. The van der Waals surface area contributed by atoms with Crippen LogP contribution in [0.5, 0.6) is 5.75 Å². The van der Waals surface area contributed by atoms with E-state index in [1.54, 1.807) is 44.2 Å². The number of nitrogens with zero attached hydrogens (tertiary/aromatic N) is 3. The molecule has 0 fully saturated rings. The van der Waals surface area contributed by atoms with Gasteiger partial charge in [-0.3, -0.25) is 18.8 Å². The lowest BCUT2D eigenvalue weighted by Gasteiger charge is -2.33. The van der Waals surface area contributed by atoms with Gasteiger partial charge in [0, 0.05) is 36.0 Å². The van der Waals surface area contributed by atoms with Crippen molar-refractivity contribution in [2.75, 3.05) is 24.3 Å². The lowest BCUT2D eigenvalue weighted by molar-refractivity contribution is 0.0394. The number of hydrogen-bond acceptors (Lipinski definition) is 7. The summed E-state index contributed by atoms with van der Waals surface area (Å²) in [6.45, 7) is 3.45. The fourth-order valence-electron chi connectivity index (χ4n) is 5.44. The summed E-state index contributed by atoms with van der Waals surface area (Å²) in [7, 11) is -2.41. The minimum absolute atomic E-state index is 0.00909. The molecule has 1 aliphatic rings. The van der Waals surface area contributed by atoms with Gasteiger partial charge in [0.05, 0.1) is 29.2 Å². The van der Waals surface area contributed by atoms with Crippen LogP contribution in [-0.4, -0.2) is 50.0 Å². The zero-order chi connectivity index (χ0) is 32.9. The quantitative estimate of drug-likeness (QED) is 0.168. The second kappa shape index (κ2) is 11.7. The maximum Gasteiger partial charge on any atom is 0.279 e. The van der Waals surface area contributed by atoms with Gasteiger partial charge in [0.25, 0.3) is 5.91 Å².